The number of hydrogen-bond donors (Lipinski definition) is 0. The largest absolute Gasteiger partial charge is 0.493 e. The molecule has 70 valence electrons. The van der Waals surface area contributed by atoms with Gasteiger partial charge < -0.3 is 4.74 Å². The summed E-state index contributed by atoms with van der Waals surface area (Å²) in [5.74, 6) is 0.944. The molecule has 0 fully saturated rings. The van der Waals surface area contributed by atoms with E-state index in [1.807, 2.05) is 18.2 Å². The lowest BCUT2D eigenvalue weighted by Crippen LogP contribution is -1.95. The summed E-state index contributed by atoms with van der Waals surface area (Å²) in [5, 5.41) is 0. The molecule has 0 saturated heterocycles. The standard InChI is InChI=1S/C12H16O/c1-3-5-10-13-12-8-6-11(4-2)7-9-12/h3,6-9H,1,4-5,10H2,2H3. The molecule has 1 aromatic carbocycles. The van der Waals surface area contributed by atoms with Gasteiger partial charge in [0, 0.05) is 0 Å². The summed E-state index contributed by atoms with van der Waals surface area (Å²) < 4.78 is 5.47. The van der Waals surface area contributed by atoms with Gasteiger partial charge in [-0.05, 0) is 30.5 Å². The van der Waals surface area contributed by atoms with Gasteiger partial charge in [-0.15, -0.1) is 6.58 Å². The van der Waals surface area contributed by atoms with Crippen LogP contribution >= 0.6 is 0 Å². The van der Waals surface area contributed by atoms with Crippen LogP contribution in [0.5, 0.6) is 5.75 Å². The summed E-state index contributed by atoms with van der Waals surface area (Å²) in [6.07, 6.45) is 3.84. The quantitative estimate of drug-likeness (QED) is 0.494. The zero-order valence-corrected chi connectivity index (χ0v) is 8.12. The van der Waals surface area contributed by atoms with Crippen LogP contribution in [0.15, 0.2) is 36.9 Å². The lowest BCUT2D eigenvalue weighted by Gasteiger charge is -2.04. The second-order valence-corrected chi connectivity index (χ2v) is 2.92. The molecular weight excluding hydrogens is 160 g/mol. The van der Waals surface area contributed by atoms with Crippen LogP contribution in [-0.2, 0) is 6.42 Å². The Hall–Kier alpha value is -1.24. The average molecular weight is 176 g/mol. The van der Waals surface area contributed by atoms with Gasteiger partial charge in [-0.1, -0.05) is 25.1 Å². The van der Waals surface area contributed by atoms with Gasteiger partial charge in [0.25, 0.3) is 0 Å². The van der Waals surface area contributed by atoms with E-state index in [-0.39, 0.29) is 0 Å². The number of ether oxygens (including phenoxy) is 1. The maximum absolute atomic E-state index is 5.47. The first kappa shape index (κ1) is 9.85. The van der Waals surface area contributed by atoms with Crippen molar-refractivity contribution in [3.63, 3.8) is 0 Å². The summed E-state index contributed by atoms with van der Waals surface area (Å²) in [6, 6.07) is 8.23. The van der Waals surface area contributed by atoms with Crippen molar-refractivity contribution >= 4 is 0 Å². The highest BCUT2D eigenvalue weighted by Crippen LogP contribution is 2.12. The zero-order chi connectivity index (χ0) is 9.52. The highest BCUT2D eigenvalue weighted by Gasteiger charge is 1.92. The number of benzene rings is 1. The van der Waals surface area contributed by atoms with Crippen LogP contribution in [0.1, 0.15) is 18.9 Å². The molecule has 0 aliphatic carbocycles. The van der Waals surface area contributed by atoms with Gasteiger partial charge >= 0.3 is 0 Å². The molecule has 0 aliphatic heterocycles. The second-order valence-electron chi connectivity index (χ2n) is 2.92. The highest BCUT2D eigenvalue weighted by molar-refractivity contribution is 5.27. The summed E-state index contributed by atoms with van der Waals surface area (Å²) in [5.41, 5.74) is 1.34. The van der Waals surface area contributed by atoms with Crippen LogP contribution in [0.4, 0.5) is 0 Å². The zero-order valence-electron chi connectivity index (χ0n) is 8.12. The second kappa shape index (κ2) is 5.41. The van der Waals surface area contributed by atoms with Crippen molar-refractivity contribution in [1.82, 2.24) is 0 Å². The molecule has 1 aromatic rings. The van der Waals surface area contributed by atoms with Crippen LogP contribution < -0.4 is 4.74 Å². The van der Waals surface area contributed by atoms with E-state index in [0.29, 0.717) is 0 Å². The first-order valence-electron chi connectivity index (χ1n) is 4.69. The van der Waals surface area contributed by atoms with Crippen molar-refractivity contribution in [3.8, 4) is 5.75 Å². The van der Waals surface area contributed by atoms with Gasteiger partial charge in [0.05, 0.1) is 6.61 Å². The van der Waals surface area contributed by atoms with Gasteiger partial charge in [-0.25, -0.2) is 0 Å². The van der Waals surface area contributed by atoms with Crippen LogP contribution in [0, 0.1) is 0 Å². The summed E-state index contributed by atoms with van der Waals surface area (Å²) in [4.78, 5) is 0. The van der Waals surface area contributed by atoms with E-state index >= 15 is 0 Å². The lowest BCUT2D eigenvalue weighted by atomic mass is 10.2. The van der Waals surface area contributed by atoms with Crippen molar-refractivity contribution in [2.45, 2.75) is 19.8 Å². The molecule has 0 spiro atoms. The molecule has 0 N–H and O–H groups in total. The van der Waals surface area contributed by atoms with Gasteiger partial charge in [0.15, 0.2) is 0 Å². The lowest BCUT2D eigenvalue weighted by molar-refractivity contribution is 0.325. The molecule has 0 aromatic heterocycles. The molecule has 1 heteroatoms. The van der Waals surface area contributed by atoms with Crippen LogP contribution in [0.3, 0.4) is 0 Å². The normalized spacial score (nSPS) is 9.62. The first-order valence-corrected chi connectivity index (χ1v) is 4.69. The predicted molar refractivity (Wildman–Crippen MR) is 56.1 cm³/mol. The Morgan fingerprint density at radius 1 is 1.31 bits per heavy atom. The SMILES string of the molecule is C=CCCOc1ccc(CC)cc1. The fourth-order valence-corrected chi connectivity index (χ4v) is 1.08. The van der Waals surface area contributed by atoms with Crippen LogP contribution in [-0.4, -0.2) is 6.61 Å². The minimum atomic E-state index is 0.717. The Morgan fingerprint density at radius 3 is 2.54 bits per heavy atom. The Morgan fingerprint density at radius 2 is 2.00 bits per heavy atom. The maximum Gasteiger partial charge on any atom is 0.119 e. The van der Waals surface area contributed by atoms with E-state index < -0.39 is 0 Å². The maximum atomic E-state index is 5.47. The number of aryl methyl sites for hydroxylation is 1. The van der Waals surface area contributed by atoms with Crippen molar-refractivity contribution in [2.75, 3.05) is 6.61 Å². The third kappa shape index (κ3) is 3.32. The molecular formula is C12H16O. The van der Waals surface area contributed by atoms with Gasteiger partial charge in [-0.3, -0.25) is 0 Å². The first-order chi connectivity index (χ1) is 6.36. The minimum Gasteiger partial charge on any atom is -0.493 e. The molecule has 0 amide bonds. The summed E-state index contributed by atoms with van der Waals surface area (Å²) in [6.45, 7) is 6.50. The molecule has 0 unspecified atom stereocenters. The Balaban J connectivity index is 2.44. The predicted octanol–water partition coefficient (Wildman–Crippen LogP) is 3.20. The van der Waals surface area contributed by atoms with E-state index in [9.17, 15) is 0 Å². The molecule has 1 nitrogen and oxygen atoms in total. The molecule has 0 radical (unpaired) electrons. The topological polar surface area (TPSA) is 9.23 Å². The smallest absolute Gasteiger partial charge is 0.119 e. The Kier molecular flexibility index (Phi) is 4.10. The van der Waals surface area contributed by atoms with Crippen molar-refractivity contribution in [2.24, 2.45) is 0 Å². The van der Waals surface area contributed by atoms with Crippen LogP contribution in [0.2, 0.25) is 0 Å². The van der Waals surface area contributed by atoms with E-state index in [2.05, 4.69) is 25.6 Å². The number of rotatable bonds is 5. The Labute approximate surface area is 80.0 Å². The van der Waals surface area contributed by atoms with Crippen molar-refractivity contribution in [1.29, 1.82) is 0 Å². The van der Waals surface area contributed by atoms with E-state index in [1.54, 1.807) is 0 Å². The molecule has 1 rings (SSSR count). The molecule has 0 bridgehead atoms. The van der Waals surface area contributed by atoms with Crippen molar-refractivity contribution < 1.29 is 4.74 Å². The molecule has 0 atom stereocenters. The minimum absolute atomic E-state index is 0.717. The van der Waals surface area contributed by atoms with E-state index in [0.717, 1.165) is 25.2 Å². The molecule has 0 saturated carbocycles. The van der Waals surface area contributed by atoms with Crippen LogP contribution in [0.25, 0.3) is 0 Å². The molecule has 0 heterocycles. The molecule has 0 aliphatic rings. The van der Waals surface area contributed by atoms with Crippen molar-refractivity contribution in [3.05, 3.63) is 42.5 Å². The number of hydrogen-bond acceptors (Lipinski definition) is 1. The monoisotopic (exact) mass is 176 g/mol. The Bertz CT molecular complexity index is 248. The summed E-state index contributed by atoms with van der Waals surface area (Å²) >= 11 is 0. The molecule has 13 heavy (non-hydrogen) atoms. The van der Waals surface area contributed by atoms with E-state index in [4.69, 9.17) is 4.74 Å². The highest BCUT2D eigenvalue weighted by atomic mass is 16.5. The third-order valence-electron chi connectivity index (χ3n) is 1.92. The fraction of sp³-hybridized carbons (Fsp3) is 0.333. The van der Waals surface area contributed by atoms with Gasteiger partial charge in [0.1, 0.15) is 5.75 Å². The average Bonchev–Trinajstić information content (AvgIpc) is 2.19. The van der Waals surface area contributed by atoms with Gasteiger partial charge in [-0.2, -0.15) is 0 Å². The van der Waals surface area contributed by atoms with Gasteiger partial charge in [0.2, 0.25) is 0 Å². The fourth-order valence-electron chi connectivity index (χ4n) is 1.08. The summed E-state index contributed by atoms with van der Waals surface area (Å²) in [7, 11) is 0. The third-order valence-corrected chi connectivity index (χ3v) is 1.92. The van der Waals surface area contributed by atoms with E-state index in [1.165, 1.54) is 5.56 Å².